The van der Waals surface area contributed by atoms with Crippen molar-refractivity contribution in [3.63, 3.8) is 0 Å². The van der Waals surface area contributed by atoms with Crippen LogP contribution in [0.15, 0.2) is 34.8 Å². The van der Waals surface area contributed by atoms with Crippen molar-refractivity contribution < 1.29 is 18.7 Å². The molecule has 0 aliphatic carbocycles. The third-order valence-corrected chi connectivity index (χ3v) is 4.45. The molecule has 0 aliphatic heterocycles. The number of carbonyl (C=O) groups is 1. The van der Waals surface area contributed by atoms with Crippen molar-refractivity contribution in [2.24, 2.45) is 0 Å². The Morgan fingerprint density at radius 3 is 2.42 bits per heavy atom. The van der Waals surface area contributed by atoms with Crippen molar-refractivity contribution in [1.82, 2.24) is 5.32 Å². The summed E-state index contributed by atoms with van der Waals surface area (Å²) < 4.78 is 24.5. The van der Waals surface area contributed by atoms with E-state index in [0.29, 0.717) is 16.0 Å². The van der Waals surface area contributed by atoms with E-state index in [2.05, 4.69) is 21.2 Å². The highest BCUT2D eigenvalue weighted by molar-refractivity contribution is 9.10. The van der Waals surface area contributed by atoms with Crippen molar-refractivity contribution in [3.8, 4) is 11.5 Å². The lowest BCUT2D eigenvalue weighted by molar-refractivity contribution is 0.0938. The van der Waals surface area contributed by atoms with Crippen LogP contribution in [0, 0.1) is 12.7 Å². The van der Waals surface area contributed by atoms with Crippen molar-refractivity contribution >= 4 is 21.8 Å². The van der Waals surface area contributed by atoms with Crippen LogP contribution in [0.4, 0.5) is 4.39 Å². The fraction of sp³-hybridized carbons (Fsp3) is 0.278. The molecular weight excluding hydrogens is 377 g/mol. The third-order valence-electron chi connectivity index (χ3n) is 3.76. The number of aryl methyl sites for hydroxylation is 1. The van der Waals surface area contributed by atoms with Gasteiger partial charge in [0.05, 0.1) is 25.8 Å². The summed E-state index contributed by atoms with van der Waals surface area (Å²) in [6.07, 6.45) is 0. The highest BCUT2D eigenvalue weighted by Crippen LogP contribution is 2.33. The number of hydrogen-bond acceptors (Lipinski definition) is 3. The predicted molar refractivity (Wildman–Crippen MR) is 94.3 cm³/mol. The molecule has 1 amide bonds. The number of benzene rings is 2. The first-order valence-electron chi connectivity index (χ1n) is 7.35. The number of nitrogens with one attached hydrogen (secondary N) is 1. The average Bonchev–Trinajstić information content (AvgIpc) is 2.56. The van der Waals surface area contributed by atoms with Gasteiger partial charge in [-0.05, 0) is 71.2 Å². The number of ether oxygens (including phenoxy) is 2. The minimum Gasteiger partial charge on any atom is -0.493 e. The molecule has 0 saturated carbocycles. The number of hydrogen-bond donors (Lipinski definition) is 1. The zero-order valence-electron chi connectivity index (χ0n) is 13.9. The van der Waals surface area contributed by atoms with E-state index in [9.17, 15) is 9.18 Å². The van der Waals surface area contributed by atoms with Crippen LogP contribution in [0.5, 0.6) is 11.5 Å². The lowest BCUT2D eigenvalue weighted by atomic mass is 10.0. The molecule has 0 heterocycles. The largest absolute Gasteiger partial charge is 0.493 e. The first-order valence-corrected chi connectivity index (χ1v) is 8.15. The van der Waals surface area contributed by atoms with Gasteiger partial charge in [-0.3, -0.25) is 4.79 Å². The van der Waals surface area contributed by atoms with E-state index in [-0.39, 0.29) is 17.5 Å². The molecule has 2 rings (SSSR count). The summed E-state index contributed by atoms with van der Waals surface area (Å²) in [6, 6.07) is 7.41. The van der Waals surface area contributed by atoms with Gasteiger partial charge in [-0.25, -0.2) is 4.39 Å². The number of halogens is 2. The molecule has 24 heavy (non-hydrogen) atoms. The third kappa shape index (κ3) is 3.87. The smallest absolute Gasteiger partial charge is 0.253 e. The summed E-state index contributed by atoms with van der Waals surface area (Å²) in [5.74, 6) is 0.401. The number of carbonyl (C=O) groups excluding carboxylic acids is 1. The van der Waals surface area contributed by atoms with E-state index in [0.717, 1.165) is 11.1 Å². The van der Waals surface area contributed by atoms with Gasteiger partial charge in [0, 0.05) is 4.47 Å². The van der Waals surface area contributed by atoms with Gasteiger partial charge in [0.2, 0.25) is 0 Å². The van der Waals surface area contributed by atoms with Crippen molar-refractivity contribution in [3.05, 3.63) is 57.3 Å². The Balaban J connectivity index is 2.27. The van der Waals surface area contributed by atoms with Crippen molar-refractivity contribution in [2.75, 3.05) is 14.2 Å². The fourth-order valence-corrected chi connectivity index (χ4v) is 2.91. The molecule has 0 aromatic heterocycles. The molecule has 0 aliphatic rings. The summed E-state index contributed by atoms with van der Waals surface area (Å²) in [6.45, 7) is 3.79. The highest BCUT2D eigenvalue weighted by atomic mass is 79.9. The standard InChI is InChI=1S/C18H19BrFNO3/c1-10-7-16(23-3)17(24-4)9-13(10)11(2)21-18(22)14-8-12(20)5-6-15(14)19/h5-9,11H,1-4H3,(H,21,22). The second-order valence-corrected chi connectivity index (χ2v) is 6.24. The molecule has 6 heteroatoms. The maximum atomic E-state index is 13.4. The zero-order chi connectivity index (χ0) is 17.9. The van der Waals surface area contributed by atoms with Crippen LogP contribution >= 0.6 is 15.9 Å². The zero-order valence-corrected chi connectivity index (χ0v) is 15.5. The van der Waals surface area contributed by atoms with Crippen LogP contribution in [0.1, 0.15) is 34.5 Å². The second-order valence-electron chi connectivity index (χ2n) is 5.38. The molecule has 2 aromatic carbocycles. The van der Waals surface area contributed by atoms with E-state index >= 15 is 0 Å². The second kappa shape index (κ2) is 7.66. The molecule has 2 aromatic rings. The van der Waals surface area contributed by atoms with E-state index in [1.807, 2.05) is 26.0 Å². The topological polar surface area (TPSA) is 47.6 Å². The summed E-state index contributed by atoms with van der Waals surface area (Å²) in [5.41, 5.74) is 2.10. The molecular formula is C18H19BrFNO3. The number of amides is 1. The maximum absolute atomic E-state index is 13.4. The molecule has 0 spiro atoms. The summed E-state index contributed by atoms with van der Waals surface area (Å²) in [7, 11) is 3.13. The normalized spacial score (nSPS) is 11.8. The molecule has 0 bridgehead atoms. The van der Waals surface area contributed by atoms with Gasteiger partial charge in [-0.1, -0.05) is 0 Å². The highest BCUT2D eigenvalue weighted by Gasteiger charge is 2.18. The van der Waals surface area contributed by atoms with E-state index in [4.69, 9.17) is 9.47 Å². The van der Waals surface area contributed by atoms with Gasteiger partial charge < -0.3 is 14.8 Å². The molecule has 1 atom stereocenters. The predicted octanol–water partition coefficient (Wildman–Crippen LogP) is 4.40. The minimum atomic E-state index is -0.460. The molecule has 0 fully saturated rings. The maximum Gasteiger partial charge on any atom is 0.253 e. The van der Waals surface area contributed by atoms with Crippen LogP contribution in [0.3, 0.4) is 0 Å². The van der Waals surface area contributed by atoms with Crippen LogP contribution in [0.25, 0.3) is 0 Å². The summed E-state index contributed by atoms with van der Waals surface area (Å²) in [4.78, 5) is 12.4. The van der Waals surface area contributed by atoms with Gasteiger partial charge in [0.15, 0.2) is 11.5 Å². The SMILES string of the molecule is COc1cc(C)c(C(C)NC(=O)c2cc(F)ccc2Br)cc1OC. The lowest BCUT2D eigenvalue weighted by Gasteiger charge is -2.19. The Labute approximate surface area is 149 Å². The number of rotatable bonds is 5. The quantitative estimate of drug-likeness (QED) is 0.815. The summed E-state index contributed by atoms with van der Waals surface area (Å²) >= 11 is 3.27. The Hall–Kier alpha value is -2.08. The average molecular weight is 396 g/mol. The van der Waals surface area contributed by atoms with E-state index < -0.39 is 5.82 Å². The van der Waals surface area contributed by atoms with E-state index in [1.165, 1.54) is 18.2 Å². The Morgan fingerprint density at radius 1 is 1.17 bits per heavy atom. The Bertz CT molecular complexity index is 764. The van der Waals surface area contributed by atoms with Crippen LogP contribution in [-0.4, -0.2) is 20.1 Å². The van der Waals surface area contributed by atoms with Crippen LogP contribution in [0.2, 0.25) is 0 Å². The van der Waals surface area contributed by atoms with Crippen LogP contribution in [-0.2, 0) is 0 Å². The first-order chi connectivity index (χ1) is 11.4. The molecule has 4 nitrogen and oxygen atoms in total. The number of methoxy groups -OCH3 is 2. The van der Waals surface area contributed by atoms with Crippen molar-refractivity contribution in [2.45, 2.75) is 19.9 Å². The molecule has 1 N–H and O–H groups in total. The Kier molecular flexibility index (Phi) is 5.83. The summed E-state index contributed by atoms with van der Waals surface area (Å²) in [5, 5.41) is 2.88. The first kappa shape index (κ1) is 18.3. The lowest BCUT2D eigenvalue weighted by Crippen LogP contribution is -2.27. The monoisotopic (exact) mass is 395 g/mol. The Morgan fingerprint density at radius 2 is 1.79 bits per heavy atom. The molecule has 1 unspecified atom stereocenters. The molecule has 0 saturated heterocycles. The van der Waals surface area contributed by atoms with E-state index in [1.54, 1.807) is 14.2 Å². The van der Waals surface area contributed by atoms with Gasteiger partial charge in [0.1, 0.15) is 5.82 Å². The van der Waals surface area contributed by atoms with Gasteiger partial charge in [0.25, 0.3) is 5.91 Å². The van der Waals surface area contributed by atoms with Gasteiger partial charge in [-0.2, -0.15) is 0 Å². The molecule has 0 radical (unpaired) electrons. The van der Waals surface area contributed by atoms with Gasteiger partial charge in [-0.15, -0.1) is 0 Å². The minimum absolute atomic E-state index is 0.250. The van der Waals surface area contributed by atoms with Crippen LogP contribution < -0.4 is 14.8 Å². The molecule has 128 valence electrons. The van der Waals surface area contributed by atoms with Crippen molar-refractivity contribution in [1.29, 1.82) is 0 Å². The van der Waals surface area contributed by atoms with Gasteiger partial charge >= 0.3 is 0 Å². The fourth-order valence-electron chi connectivity index (χ4n) is 2.49.